The summed E-state index contributed by atoms with van der Waals surface area (Å²) in [5.41, 5.74) is -0.165. The molecule has 110 valence electrons. The number of ketones is 1. The molecule has 21 heavy (non-hydrogen) atoms. The van der Waals surface area contributed by atoms with E-state index in [0.29, 0.717) is 0 Å². The number of benzene rings is 2. The molecule has 0 heterocycles. The minimum Gasteiger partial charge on any atom is -0.488 e. The number of halogens is 3. The van der Waals surface area contributed by atoms with E-state index < -0.39 is 17.5 Å². The molecule has 2 aromatic rings. The van der Waals surface area contributed by atoms with Crippen LogP contribution in [0.25, 0.3) is 0 Å². The van der Waals surface area contributed by atoms with Gasteiger partial charge in [-0.25, -0.2) is 0 Å². The largest absolute Gasteiger partial charge is 0.488 e. The fourth-order valence-electron chi connectivity index (χ4n) is 1.83. The van der Waals surface area contributed by atoms with Crippen LogP contribution in [-0.4, -0.2) is 5.78 Å². The number of alkyl halides is 3. The summed E-state index contributed by atoms with van der Waals surface area (Å²) in [7, 11) is 0. The Labute approximate surface area is 120 Å². The molecule has 0 atom stereocenters. The molecular formula is C16H13F3O2. The van der Waals surface area contributed by atoms with E-state index in [9.17, 15) is 18.0 Å². The first kappa shape index (κ1) is 15.1. The van der Waals surface area contributed by atoms with Crippen molar-refractivity contribution in [3.8, 4) is 5.75 Å². The quantitative estimate of drug-likeness (QED) is 0.777. The first-order valence-electron chi connectivity index (χ1n) is 6.27. The van der Waals surface area contributed by atoms with Gasteiger partial charge >= 0.3 is 6.18 Å². The highest BCUT2D eigenvalue weighted by Crippen LogP contribution is 2.37. The number of carbonyl (C=O) groups is 1. The number of Topliss-reactive ketones (excluding diaryl/α,β-unsaturated/α-hetero) is 1. The number of rotatable bonds is 4. The molecular weight excluding hydrogens is 281 g/mol. The lowest BCUT2D eigenvalue weighted by Crippen LogP contribution is -2.10. The van der Waals surface area contributed by atoms with Gasteiger partial charge in [-0.15, -0.1) is 0 Å². The van der Waals surface area contributed by atoms with Crippen LogP contribution in [0.1, 0.15) is 28.4 Å². The minimum absolute atomic E-state index is 0.00869. The SMILES string of the molecule is CC(=O)c1ccc(OCc2ccccc2)c(C(F)(F)F)c1. The topological polar surface area (TPSA) is 26.3 Å². The van der Waals surface area contributed by atoms with Crippen molar-refractivity contribution in [2.24, 2.45) is 0 Å². The summed E-state index contributed by atoms with van der Waals surface area (Å²) < 4.78 is 44.3. The van der Waals surface area contributed by atoms with Gasteiger partial charge in [0.05, 0.1) is 5.56 Å². The third kappa shape index (κ3) is 3.84. The molecule has 2 nitrogen and oxygen atoms in total. The summed E-state index contributed by atoms with van der Waals surface area (Å²) >= 11 is 0. The summed E-state index contributed by atoms with van der Waals surface area (Å²) in [6.07, 6.45) is -4.57. The van der Waals surface area contributed by atoms with Gasteiger partial charge in [-0.05, 0) is 30.7 Å². The van der Waals surface area contributed by atoms with Gasteiger partial charge in [0, 0.05) is 5.56 Å². The maximum Gasteiger partial charge on any atom is 0.419 e. The van der Waals surface area contributed by atoms with Crippen LogP contribution in [0.3, 0.4) is 0 Å². The van der Waals surface area contributed by atoms with Gasteiger partial charge in [-0.2, -0.15) is 13.2 Å². The molecule has 2 aromatic carbocycles. The van der Waals surface area contributed by atoms with Crippen molar-refractivity contribution in [3.63, 3.8) is 0 Å². The second-order valence-electron chi connectivity index (χ2n) is 4.54. The molecule has 0 aliphatic rings. The lowest BCUT2D eigenvalue weighted by molar-refractivity contribution is -0.139. The van der Waals surface area contributed by atoms with Crippen LogP contribution < -0.4 is 4.74 Å². The Morgan fingerprint density at radius 2 is 1.76 bits per heavy atom. The summed E-state index contributed by atoms with van der Waals surface area (Å²) in [5.74, 6) is -0.702. The van der Waals surface area contributed by atoms with Crippen molar-refractivity contribution in [1.82, 2.24) is 0 Å². The highest BCUT2D eigenvalue weighted by atomic mass is 19.4. The van der Waals surface area contributed by atoms with E-state index >= 15 is 0 Å². The van der Waals surface area contributed by atoms with E-state index in [2.05, 4.69) is 0 Å². The molecule has 0 saturated carbocycles. The Balaban J connectivity index is 2.28. The van der Waals surface area contributed by atoms with Crippen molar-refractivity contribution >= 4 is 5.78 Å². The van der Waals surface area contributed by atoms with E-state index in [1.54, 1.807) is 24.3 Å². The van der Waals surface area contributed by atoms with E-state index in [-0.39, 0.29) is 17.9 Å². The Hall–Kier alpha value is -2.30. The van der Waals surface area contributed by atoms with Crippen molar-refractivity contribution in [2.45, 2.75) is 19.7 Å². The minimum atomic E-state index is -4.57. The van der Waals surface area contributed by atoms with Gasteiger partial charge in [0.25, 0.3) is 0 Å². The zero-order chi connectivity index (χ0) is 15.5. The lowest BCUT2D eigenvalue weighted by Gasteiger charge is -2.15. The summed E-state index contributed by atoms with van der Waals surface area (Å²) in [4.78, 5) is 11.2. The van der Waals surface area contributed by atoms with Crippen LogP contribution in [0, 0.1) is 0 Å². The van der Waals surface area contributed by atoms with Crippen molar-refractivity contribution in [2.75, 3.05) is 0 Å². The van der Waals surface area contributed by atoms with Crippen molar-refractivity contribution in [3.05, 3.63) is 65.2 Å². The number of ether oxygens (including phenoxy) is 1. The standard InChI is InChI=1S/C16H13F3O2/c1-11(20)13-7-8-15(14(9-13)16(17,18)19)21-10-12-5-3-2-4-6-12/h2-9H,10H2,1H3. The predicted molar refractivity (Wildman–Crippen MR) is 72.2 cm³/mol. The summed E-state index contributed by atoms with van der Waals surface area (Å²) in [6, 6.07) is 12.2. The first-order chi connectivity index (χ1) is 9.88. The molecule has 0 spiro atoms. The molecule has 0 radical (unpaired) electrons. The van der Waals surface area contributed by atoms with Gasteiger partial charge in [0.2, 0.25) is 0 Å². The zero-order valence-electron chi connectivity index (χ0n) is 11.3. The smallest absolute Gasteiger partial charge is 0.419 e. The number of hydrogen-bond donors (Lipinski definition) is 0. The van der Waals surface area contributed by atoms with E-state index in [1.165, 1.54) is 19.1 Å². The van der Waals surface area contributed by atoms with Gasteiger partial charge < -0.3 is 4.74 Å². The maximum absolute atomic E-state index is 13.0. The Bertz CT molecular complexity index is 634. The molecule has 0 bridgehead atoms. The predicted octanol–water partition coefficient (Wildman–Crippen LogP) is 4.49. The normalized spacial score (nSPS) is 11.2. The second kappa shape index (κ2) is 5.99. The van der Waals surface area contributed by atoms with Gasteiger partial charge in [0.15, 0.2) is 5.78 Å². The zero-order valence-corrected chi connectivity index (χ0v) is 11.3. The van der Waals surface area contributed by atoms with E-state index in [4.69, 9.17) is 4.74 Å². The molecule has 0 fully saturated rings. The molecule has 0 N–H and O–H groups in total. The molecule has 0 aliphatic carbocycles. The first-order valence-corrected chi connectivity index (χ1v) is 6.27. The third-order valence-electron chi connectivity index (χ3n) is 2.93. The summed E-state index contributed by atoms with van der Waals surface area (Å²) in [5, 5.41) is 0. The molecule has 0 saturated heterocycles. The van der Waals surface area contributed by atoms with Crippen molar-refractivity contribution in [1.29, 1.82) is 0 Å². The number of carbonyl (C=O) groups excluding carboxylic acids is 1. The van der Waals surface area contributed by atoms with Crippen LogP contribution in [0.4, 0.5) is 13.2 Å². The molecule has 0 aliphatic heterocycles. The molecule has 5 heteroatoms. The molecule has 0 amide bonds. The van der Waals surface area contributed by atoms with Crippen LogP contribution >= 0.6 is 0 Å². The fraction of sp³-hybridized carbons (Fsp3) is 0.188. The highest BCUT2D eigenvalue weighted by Gasteiger charge is 2.35. The molecule has 2 rings (SSSR count). The van der Waals surface area contributed by atoms with Crippen LogP contribution in [0.15, 0.2) is 48.5 Å². The summed E-state index contributed by atoms with van der Waals surface area (Å²) in [6.45, 7) is 1.25. The fourth-order valence-corrected chi connectivity index (χ4v) is 1.83. The van der Waals surface area contributed by atoms with Gasteiger partial charge in [-0.1, -0.05) is 30.3 Å². The van der Waals surface area contributed by atoms with E-state index in [1.807, 2.05) is 6.07 Å². The Morgan fingerprint density at radius 3 is 2.33 bits per heavy atom. The van der Waals surface area contributed by atoms with Crippen LogP contribution in [0.5, 0.6) is 5.75 Å². The van der Waals surface area contributed by atoms with E-state index in [0.717, 1.165) is 11.6 Å². The second-order valence-corrected chi connectivity index (χ2v) is 4.54. The Morgan fingerprint density at radius 1 is 1.10 bits per heavy atom. The average molecular weight is 294 g/mol. The monoisotopic (exact) mass is 294 g/mol. The molecule has 0 unspecified atom stereocenters. The highest BCUT2D eigenvalue weighted by molar-refractivity contribution is 5.94. The van der Waals surface area contributed by atoms with Gasteiger partial charge in [0.1, 0.15) is 12.4 Å². The van der Waals surface area contributed by atoms with Crippen molar-refractivity contribution < 1.29 is 22.7 Å². The Kier molecular flexibility index (Phi) is 4.31. The maximum atomic E-state index is 13.0. The third-order valence-corrected chi connectivity index (χ3v) is 2.93. The lowest BCUT2D eigenvalue weighted by atomic mass is 10.1. The molecule has 0 aromatic heterocycles. The number of hydrogen-bond acceptors (Lipinski definition) is 2. The van der Waals surface area contributed by atoms with Gasteiger partial charge in [-0.3, -0.25) is 4.79 Å². The van der Waals surface area contributed by atoms with Crippen LogP contribution in [0.2, 0.25) is 0 Å². The van der Waals surface area contributed by atoms with Crippen LogP contribution in [-0.2, 0) is 12.8 Å². The average Bonchev–Trinajstić information content (AvgIpc) is 2.45.